The molecule has 0 saturated carbocycles. The highest BCUT2D eigenvalue weighted by molar-refractivity contribution is 4.85. The van der Waals surface area contributed by atoms with Gasteiger partial charge < -0.3 is 14.9 Å². The highest BCUT2D eigenvalue weighted by atomic mass is 19.3. The molecule has 13 heavy (non-hydrogen) atoms. The van der Waals surface area contributed by atoms with E-state index in [1.54, 1.807) is 6.92 Å². The van der Waals surface area contributed by atoms with Crippen LogP contribution in [0.5, 0.6) is 0 Å². The van der Waals surface area contributed by atoms with Gasteiger partial charge in [0.05, 0.1) is 12.2 Å². The van der Waals surface area contributed by atoms with Crippen molar-refractivity contribution in [2.75, 3.05) is 0 Å². The summed E-state index contributed by atoms with van der Waals surface area (Å²) in [6.45, 7) is 3.44. The average molecular weight is 194 g/mol. The summed E-state index contributed by atoms with van der Waals surface area (Å²) in [5, 5.41) is 18.8. The second-order valence-corrected chi connectivity index (χ2v) is 3.38. The Morgan fingerprint density at radius 1 is 1.46 bits per heavy atom. The third kappa shape index (κ3) is 1.99. The molecule has 1 saturated heterocycles. The predicted octanol–water partition coefficient (Wildman–Crippen LogP) is 0.380. The van der Waals surface area contributed by atoms with Gasteiger partial charge in [0.2, 0.25) is 0 Å². The molecule has 0 aromatic carbocycles. The Kier molecular flexibility index (Phi) is 3.61. The predicted molar refractivity (Wildman–Crippen MR) is 42.3 cm³/mol. The monoisotopic (exact) mass is 194 g/mol. The van der Waals surface area contributed by atoms with Gasteiger partial charge in [0.15, 0.2) is 12.4 Å². The fourth-order valence-corrected chi connectivity index (χ4v) is 1.59. The van der Waals surface area contributed by atoms with Gasteiger partial charge in [0, 0.05) is 5.92 Å². The Bertz CT molecular complexity index is 166. The molecule has 1 aliphatic heterocycles. The Morgan fingerprint density at radius 3 is 2.54 bits per heavy atom. The number of halogens is 1. The van der Waals surface area contributed by atoms with Crippen LogP contribution in [0.2, 0.25) is 0 Å². The zero-order valence-corrected chi connectivity index (χ0v) is 7.68. The third-order valence-electron chi connectivity index (χ3n) is 2.54. The zero-order chi connectivity index (χ0) is 10.0. The van der Waals surface area contributed by atoms with E-state index in [4.69, 9.17) is 4.74 Å². The lowest BCUT2D eigenvalue weighted by molar-refractivity contribution is -0.328. The van der Waals surface area contributed by atoms with E-state index in [0.29, 0.717) is 6.42 Å². The van der Waals surface area contributed by atoms with Crippen LogP contribution in [0.3, 0.4) is 0 Å². The quantitative estimate of drug-likeness (QED) is 0.667. The average Bonchev–Trinajstić information content (AvgIpc) is 2.12. The molecule has 78 valence electrons. The molecule has 0 aliphatic carbocycles. The molecule has 0 amide bonds. The van der Waals surface area contributed by atoms with Crippen molar-refractivity contribution in [3.05, 3.63) is 0 Å². The van der Waals surface area contributed by atoms with Gasteiger partial charge >= 0.3 is 0 Å². The van der Waals surface area contributed by atoms with Crippen LogP contribution in [-0.4, -0.2) is 34.8 Å². The van der Waals surface area contributed by atoms with E-state index < -0.39 is 30.5 Å². The van der Waals surface area contributed by atoms with Gasteiger partial charge in [-0.3, -0.25) is 0 Å². The largest absolute Gasteiger partial charge is 0.390 e. The maximum absolute atomic E-state index is 11.9. The van der Waals surface area contributed by atoms with Crippen LogP contribution < -0.4 is 0 Å². The molecule has 1 fully saturated rings. The van der Waals surface area contributed by atoms with Crippen LogP contribution in [0.1, 0.15) is 20.3 Å². The van der Waals surface area contributed by atoms with Crippen LogP contribution >= 0.6 is 0 Å². The summed E-state index contributed by atoms with van der Waals surface area (Å²) >= 11 is 0. The van der Waals surface area contributed by atoms with E-state index in [0.717, 1.165) is 0 Å². The van der Waals surface area contributed by atoms with Crippen molar-refractivity contribution in [3.63, 3.8) is 0 Å². The van der Waals surface area contributed by atoms with E-state index in [9.17, 15) is 14.7 Å². The van der Waals surface area contributed by atoms with Gasteiger partial charge in [-0.25, -0.2) is 0 Å². The first kappa shape index (κ1) is 10.8. The van der Waals surface area contributed by atoms with Gasteiger partial charge in [-0.2, -0.15) is 4.94 Å². The second kappa shape index (κ2) is 4.32. The fraction of sp³-hybridized carbons (Fsp3) is 1.00. The van der Waals surface area contributed by atoms with Crippen molar-refractivity contribution in [1.82, 2.24) is 0 Å². The number of hydrogen-bond donors (Lipinski definition) is 2. The van der Waals surface area contributed by atoms with E-state index in [1.807, 2.05) is 6.92 Å². The highest BCUT2D eigenvalue weighted by Gasteiger charge is 2.42. The lowest BCUT2D eigenvalue weighted by Crippen LogP contribution is -2.53. The molecule has 5 atom stereocenters. The molecule has 4 nitrogen and oxygen atoms in total. The molecule has 1 rings (SSSR count). The molecule has 0 aromatic rings. The van der Waals surface area contributed by atoms with Crippen LogP contribution in [0.15, 0.2) is 0 Å². The molecule has 0 bridgehead atoms. The molecule has 0 spiro atoms. The topological polar surface area (TPSA) is 58.9 Å². The molecule has 2 N–H and O–H groups in total. The van der Waals surface area contributed by atoms with Gasteiger partial charge in [-0.05, 0) is 10.9 Å². The Morgan fingerprint density at radius 2 is 2.08 bits per heavy atom. The standard InChI is InChI=1S/C8H15FO4/c1-3-5-6(10)4(2)7(13-9)8(11)12-5/h4-8,10-11H,3H2,1-2H3/t4?,5-,6?,7+,8?/m0/s1. The van der Waals surface area contributed by atoms with Crippen LogP contribution in [0.4, 0.5) is 4.53 Å². The number of ether oxygens (including phenoxy) is 1. The van der Waals surface area contributed by atoms with Crippen molar-refractivity contribution in [3.8, 4) is 0 Å². The second-order valence-electron chi connectivity index (χ2n) is 3.38. The molecule has 5 heteroatoms. The smallest absolute Gasteiger partial charge is 0.185 e. The van der Waals surface area contributed by atoms with Gasteiger partial charge in [0.25, 0.3) is 0 Å². The van der Waals surface area contributed by atoms with E-state index >= 15 is 0 Å². The number of rotatable bonds is 2. The molecular formula is C8H15FO4. The minimum atomic E-state index is -1.30. The maximum atomic E-state index is 11.9. The Labute approximate surface area is 76.2 Å². The summed E-state index contributed by atoms with van der Waals surface area (Å²) < 4.78 is 16.9. The summed E-state index contributed by atoms with van der Waals surface area (Å²) in [7, 11) is 0. The van der Waals surface area contributed by atoms with Crippen molar-refractivity contribution in [1.29, 1.82) is 0 Å². The lowest BCUT2D eigenvalue weighted by Gasteiger charge is -2.39. The first-order valence-corrected chi connectivity index (χ1v) is 4.40. The van der Waals surface area contributed by atoms with E-state index in [2.05, 4.69) is 4.94 Å². The van der Waals surface area contributed by atoms with Crippen LogP contribution in [-0.2, 0) is 9.68 Å². The summed E-state index contributed by atoms with van der Waals surface area (Å²) in [6.07, 6.45) is -3.07. The Hall–Kier alpha value is -0.230. The van der Waals surface area contributed by atoms with Gasteiger partial charge in [-0.15, -0.1) is 0 Å². The SMILES string of the molecule is CC[C@@H]1OC(O)[C@H](OF)C(C)C1O. The first-order valence-electron chi connectivity index (χ1n) is 4.40. The van der Waals surface area contributed by atoms with Crippen molar-refractivity contribution >= 4 is 0 Å². The summed E-state index contributed by atoms with van der Waals surface area (Å²) in [5.41, 5.74) is 0. The highest BCUT2D eigenvalue weighted by Crippen LogP contribution is 2.28. The molecule has 0 radical (unpaired) electrons. The molecule has 1 aliphatic rings. The first-order chi connectivity index (χ1) is 6.11. The number of hydrogen-bond acceptors (Lipinski definition) is 4. The number of aliphatic hydroxyl groups excluding tert-OH is 2. The molecule has 3 unspecified atom stereocenters. The Balaban J connectivity index is 2.66. The van der Waals surface area contributed by atoms with Crippen LogP contribution in [0, 0.1) is 5.92 Å². The molecule has 0 aromatic heterocycles. The maximum Gasteiger partial charge on any atom is 0.185 e. The summed E-state index contributed by atoms with van der Waals surface area (Å²) in [6, 6.07) is 0. The van der Waals surface area contributed by atoms with E-state index in [1.165, 1.54) is 0 Å². The molecule has 1 heterocycles. The summed E-state index contributed by atoms with van der Waals surface area (Å²) in [5.74, 6) is -0.473. The van der Waals surface area contributed by atoms with Gasteiger partial charge in [0.1, 0.15) is 0 Å². The zero-order valence-electron chi connectivity index (χ0n) is 7.68. The van der Waals surface area contributed by atoms with Crippen molar-refractivity contribution in [2.45, 2.75) is 44.9 Å². The fourth-order valence-electron chi connectivity index (χ4n) is 1.59. The van der Waals surface area contributed by atoms with Gasteiger partial charge in [-0.1, -0.05) is 13.8 Å². The third-order valence-corrected chi connectivity index (χ3v) is 2.54. The molecular weight excluding hydrogens is 179 g/mol. The minimum Gasteiger partial charge on any atom is -0.390 e. The normalized spacial score (nSPS) is 46.4. The lowest BCUT2D eigenvalue weighted by atomic mass is 9.90. The van der Waals surface area contributed by atoms with E-state index in [-0.39, 0.29) is 0 Å². The summed E-state index contributed by atoms with van der Waals surface area (Å²) in [4.78, 5) is 3.54. The van der Waals surface area contributed by atoms with Crippen LogP contribution in [0.25, 0.3) is 0 Å². The van der Waals surface area contributed by atoms with Crippen molar-refractivity contribution < 1.29 is 24.4 Å². The number of aliphatic hydroxyl groups is 2. The minimum absolute atomic E-state index is 0.448. The van der Waals surface area contributed by atoms with Crippen molar-refractivity contribution in [2.24, 2.45) is 5.92 Å².